The predicted molar refractivity (Wildman–Crippen MR) is 149 cm³/mol. The summed E-state index contributed by atoms with van der Waals surface area (Å²) in [6.07, 6.45) is 12.1. The Morgan fingerprint density at radius 2 is 2.03 bits per heavy atom. The molecule has 6 heteroatoms. The zero-order chi connectivity index (χ0) is 27.0. The van der Waals surface area contributed by atoms with Gasteiger partial charge in [-0.2, -0.15) is 0 Å². The summed E-state index contributed by atoms with van der Waals surface area (Å²) in [4.78, 5) is 15.9. The van der Waals surface area contributed by atoms with Crippen LogP contribution >= 0.6 is 0 Å². The van der Waals surface area contributed by atoms with Crippen LogP contribution in [0.15, 0.2) is 36.5 Å². The molecule has 2 saturated carbocycles. The predicted octanol–water partition coefficient (Wildman–Crippen LogP) is 6.96. The van der Waals surface area contributed by atoms with Gasteiger partial charge in [0.25, 0.3) is 0 Å². The van der Waals surface area contributed by atoms with Crippen molar-refractivity contribution in [2.75, 3.05) is 20.3 Å². The van der Waals surface area contributed by atoms with Crippen molar-refractivity contribution in [2.24, 2.45) is 29.1 Å². The molecule has 3 aliphatic carbocycles. The molecule has 0 N–H and O–H groups in total. The van der Waals surface area contributed by atoms with Gasteiger partial charge in [0.2, 0.25) is 5.88 Å². The minimum atomic E-state index is -0.378. The zero-order valence-electron chi connectivity index (χ0n) is 23.7. The number of methoxy groups -OCH3 is 1. The number of esters is 1. The number of aromatic nitrogens is 1. The van der Waals surface area contributed by atoms with E-state index in [1.165, 1.54) is 51.0 Å². The molecule has 1 aromatic heterocycles. The van der Waals surface area contributed by atoms with Crippen LogP contribution in [0.25, 0.3) is 0 Å². The lowest BCUT2D eigenvalue weighted by Crippen LogP contribution is -2.45. The van der Waals surface area contributed by atoms with Crippen LogP contribution in [0.4, 0.5) is 0 Å². The lowest BCUT2D eigenvalue weighted by Gasteiger charge is -2.53. The Morgan fingerprint density at radius 3 is 2.79 bits per heavy atom. The highest BCUT2D eigenvalue weighted by atomic mass is 16.7. The average Bonchev–Trinajstić information content (AvgIpc) is 3.29. The van der Waals surface area contributed by atoms with Gasteiger partial charge in [0.1, 0.15) is 5.75 Å². The average molecular weight is 534 g/mol. The largest absolute Gasteiger partial charge is 0.478 e. The minimum Gasteiger partial charge on any atom is -0.478 e. The Bertz CT molecular complexity index is 1160. The third kappa shape index (κ3) is 5.17. The number of benzene rings is 1. The molecule has 5 unspecified atom stereocenters. The quantitative estimate of drug-likeness (QED) is 0.359. The smallest absolute Gasteiger partial charge is 0.339 e. The first-order chi connectivity index (χ1) is 19.0. The van der Waals surface area contributed by atoms with Gasteiger partial charge in [-0.15, -0.1) is 0 Å². The highest BCUT2D eigenvalue weighted by Gasteiger charge is 2.55. The van der Waals surface area contributed by atoms with E-state index < -0.39 is 0 Å². The highest BCUT2D eigenvalue weighted by Crippen LogP contribution is 2.64. The molecule has 6 rings (SSSR count). The summed E-state index contributed by atoms with van der Waals surface area (Å²) in [5, 5.41) is 0. The molecule has 0 amide bonds. The molecule has 39 heavy (non-hydrogen) atoms. The van der Waals surface area contributed by atoms with E-state index in [1.54, 1.807) is 17.7 Å². The molecule has 2 heterocycles. The molecule has 1 saturated heterocycles. The summed E-state index contributed by atoms with van der Waals surface area (Å²) >= 11 is 0. The van der Waals surface area contributed by atoms with E-state index in [1.807, 2.05) is 0 Å². The lowest BCUT2D eigenvalue weighted by molar-refractivity contribution is -0.105. The molecule has 3 fully saturated rings. The van der Waals surface area contributed by atoms with Gasteiger partial charge < -0.3 is 18.9 Å². The maximum absolute atomic E-state index is 11.6. The third-order valence-electron chi connectivity index (χ3n) is 10.5. The molecule has 2 aromatic rings. The Hall–Kier alpha value is -2.60. The first kappa shape index (κ1) is 26.6. The summed E-state index contributed by atoms with van der Waals surface area (Å²) in [5.74, 6) is 4.71. The van der Waals surface area contributed by atoms with Gasteiger partial charge in [0.15, 0.2) is 6.29 Å². The fraction of sp³-hybridized carbons (Fsp3) is 0.636. The van der Waals surface area contributed by atoms with Crippen molar-refractivity contribution in [3.8, 4) is 11.6 Å². The van der Waals surface area contributed by atoms with Crippen molar-refractivity contribution in [3.05, 3.63) is 53.2 Å². The molecule has 0 spiro atoms. The number of rotatable bonds is 7. The number of pyridine rings is 1. The van der Waals surface area contributed by atoms with Crippen molar-refractivity contribution in [2.45, 2.75) is 83.8 Å². The molecule has 0 bridgehead atoms. The van der Waals surface area contributed by atoms with Gasteiger partial charge in [0.05, 0.1) is 25.9 Å². The summed E-state index contributed by atoms with van der Waals surface area (Å²) in [6.45, 7) is 6.53. The number of hydrogen-bond acceptors (Lipinski definition) is 6. The highest BCUT2D eigenvalue weighted by molar-refractivity contribution is 5.88. The topological polar surface area (TPSA) is 66.9 Å². The van der Waals surface area contributed by atoms with E-state index in [9.17, 15) is 4.79 Å². The van der Waals surface area contributed by atoms with Crippen LogP contribution in [0.5, 0.6) is 11.6 Å². The van der Waals surface area contributed by atoms with Crippen LogP contribution < -0.4 is 9.47 Å². The summed E-state index contributed by atoms with van der Waals surface area (Å²) in [5.41, 5.74) is 3.89. The normalized spacial score (nSPS) is 33.4. The molecule has 210 valence electrons. The Balaban J connectivity index is 1.09. The van der Waals surface area contributed by atoms with Gasteiger partial charge in [-0.05, 0) is 116 Å². The van der Waals surface area contributed by atoms with Gasteiger partial charge in [-0.1, -0.05) is 19.9 Å². The second-order valence-electron chi connectivity index (χ2n) is 12.6. The SMILES string of the molecule is COC(=O)c1ccc(OCC[C@H]2CCC3C4C(C)Cc5cc(OC6CCCCO6)ccc5C4CC[C@@]32C)nc1. The van der Waals surface area contributed by atoms with Gasteiger partial charge in [-0.25, -0.2) is 9.78 Å². The van der Waals surface area contributed by atoms with E-state index in [4.69, 9.17) is 18.9 Å². The van der Waals surface area contributed by atoms with Crippen molar-refractivity contribution in [1.29, 1.82) is 0 Å². The molecule has 1 aromatic carbocycles. The summed E-state index contributed by atoms with van der Waals surface area (Å²) in [7, 11) is 1.38. The Kier molecular flexibility index (Phi) is 7.58. The first-order valence-electron chi connectivity index (χ1n) is 15.0. The first-order valence-corrected chi connectivity index (χ1v) is 15.0. The zero-order valence-corrected chi connectivity index (χ0v) is 23.7. The fourth-order valence-corrected chi connectivity index (χ4v) is 8.58. The molecule has 7 atom stereocenters. The number of carbonyl (C=O) groups excluding carboxylic acids is 1. The van der Waals surface area contributed by atoms with Crippen LogP contribution in [-0.4, -0.2) is 37.6 Å². The molecule has 6 nitrogen and oxygen atoms in total. The van der Waals surface area contributed by atoms with Gasteiger partial charge in [0, 0.05) is 18.7 Å². The van der Waals surface area contributed by atoms with Crippen LogP contribution in [0.3, 0.4) is 0 Å². The lowest BCUT2D eigenvalue weighted by atomic mass is 9.51. The Morgan fingerprint density at radius 1 is 1.13 bits per heavy atom. The molecule has 4 aliphatic rings. The Labute approximate surface area is 232 Å². The standard InChI is InChI=1S/C33H43NO5/c1-21-18-23-19-25(39-30-6-4-5-16-38-30)9-10-26(23)27-13-15-33(2)24(8-11-28(33)31(21)27)14-17-37-29-12-7-22(20-34-29)32(35)36-3/h7,9-10,12,19-21,24,27-28,30-31H,4-6,8,11,13-18H2,1-3H3/t21?,24-,27?,28?,30?,31?,33-/m1/s1. The van der Waals surface area contributed by atoms with E-state index in [0.717, 1.165) is 49.9 Å². The minimum absolute atomic E-state index is 0.0876. The second kappa shape index (κ2) is 11.1. The number of ether oxygens (including phenoxy) is 4. The van der Waals surface area contributed by atoms with Crippen molar-refractivity contribution < 1.29 is 23.7 Å². The van der Waals surface area contributed by atoms with Gasteiger partial charge in [-0.3, -0.25) is 0 Å². The van der Waals surface area contributed by atoms with Crippen molar-refractivity contribution in [3.63, 3.8) is 0 Å². The van der Waals surface area contributed by atoms with Crippen LogP contribution in [-0.2, 0) is 15.9 Å². The van der Waals surface area contributed by atoms with E-state index in [2.05, 4.69) is 37.0 Å². The number of nitrogens with zero attached hydrogens (tertiary/aromatic N) is 1. The molecule has 1 aliphatic heterocycles. The van der Waals surface area contributed by atoms with E-state index in [-0.39, 0.29) is 12.3 Å². The maximum Gasteiger partial charge on any atom is 0.339 e. The molecular formula is C33H43NO5. The van der Waals surface area contributed by atoms with Crippen molar-refractivity contribution in [1.82, 2.24) is 4.98 Å². The number of hydrogen-bond donors (Lipinski definition) is 0. The molecule has 0 radical (unpaired) electrons. The fourth-order valence-electron chi connectivity index (χ4n) is 8.58. The third-order valence-corrected chi connectivity index (χ3v) is 10.5. The molecular weight excluding hydrogens is 490 g/mol. The van der Waals surface area contributed by atoms with Gasteiger partial charge >= 0.3 is 5.97 Å². The van der Waals surface area contributed by atoms with Crippen LogP contribution in [0.2, 0.25) is 0 Å². The number of fused-ring (bicyclic) bond motifs is 5. The maximum atomic E-state index is 11.6. The van der Waals surface area contributed by atoms with Crippen LogP contribution in [0.1, 0.15) is 92.6 Å². The number of carbonyl (C=O) groups is 1. The monoisotopic (exact) mass is 533 g/mol. The van der Waals surface area contributed by atoms with E-state index >= 15 is 0 Å². The second-order valence-corrected chi connectivity index (χ2v) is 12.6. The summed E-state index contributed by atoms with van der Waals surface area (Å²) in [6, 6.07) is 10.4. The van der Waals surface area contributed by atoms with Crippen molar-refractivity contribution >= 4 is 5.97 Å². The van der Waals surface area contributed by atoms with E-state index in [0.29, 0.717) is 41.2 Å². The van der Waals surface area contributed by atoms with Crippen LogP contribution in [0, 0.1) is 29.1 Å². The summed E-state index contributed by atoms with van der Waals surface area (Å²) < 4.78 is 22.8.